The van der Waals surface area contributed by atoms with Crippen LogP contribution in [0.5, 0.6) is 0 Å². The second kappa shape index (κ2) is 13.3. The molecule has 0 atom stereocenters. The van der Waals surface area contributed by atoms with Gasteiger partial charge in [-0.05, 0) is 0 Å². The molecular weight excluding hydrogens is 274 g/mol. The van der Waals surface area contributed by atoms with Gasteiger partial charge in [0.1, 0.15) is 0 Å². The van der Waals surface area contributed by atoms with Gasteiger partial charge in [-0.3, -0.25) is 0 Å². The molecule has 0 amide bonds. The fraction of sp³-hybridized carbons (Fsp3) is 0.786. The lowest BCUT2D eigenvalue weighted by molar-refractivity contribution is -0.0909. The summed E-state index contributed by atoms with van der Waals surface area (Å²) in [4.78, 5) is 0. The van der Waals surface area contributed by atoms with Gasteiger partial charge < -0.3 is 19.3 Å². The minimum absolute atomic E-state index is 0.185. The zero-order valence-corrected chi connectivity index (χ0v) is 12.1. The molecule has 0 unspecified atom stereocenters. The van der Waals surface area contributed by atoms with Crippen LogP contribution in [-0.4, -0.2) is 51.4 Å². The molecule has 0 aromatic heterocycles. The number of ether oxygens (including phenoxy) is 3. The van der Waals surface area contributed by atoms with E-state index in [4.69, 9.17) is 30.0 Å². The third-order valence-electron chi connectivity index (χ3n) is 2.63. The number of aliphatic hydroxyl groups excluding tert-OH is 1. The Labute approximate surface area is 125 Å². The van der Waals surface area contributed by atoms with Crippen LogP contribution in [0.1, 0.15) is 19.3 Å². The molecule has 0 saturated heterocycles. The van der Waals surface area contributed by atoms with Gasteiger partial charge in [-0.2, -0.15) is 15.8 Å². The lowest BCUT2D eigenvalue weighted by Gasteiger charge is -2.31. The van der Waals surface area contributed by atoms with Gasteiger partial charge >= 0.3 is 0 Å². The second-order valence-corrected chi connectivity index (χ2v) is 4.54. The van der Waals surface area contributed by atoms with E-state index in [0.29, 0.717) is 0 Å². The standard InChI is InChI=1S/C14H21N3O4/c15-4-1-7-19-11-14(10-18,12-20-8-2-5-16)13-21-9-3-6-17/h18H,1-3,7-13H2. The largest absolute Gasteiger partial charge is 0.396 e. The Morgan fingerprint density at radius 1 is 0.714 bits per heavy atom. The van der Waals surface area contributed by atoms with Gasteiger partial charge in [-0.25, -0.2) is 0 Å². The van der Waals surface area contributed by atoms with Crippen molar-refractivity contribution < 1.29 is 19.3 Å². The maximum absolute atomic E-state index is 9.61. The molecule has 0 rings (SSSR count). The Balaban J connectivity index is 4.34. The van der Waals surface area contributed by atoms with Crippen molar-refractivity contribution in [2.45, 2.75) is 19.3 Å². The summed E-state index contributed by atoms with van der Waals surface area (Å²) in [5.41, 5.74) is -0.750. The van der Waals surface area contributed by atoms with Crippen molar-refractivity contribution in [2.75, 3.05) is 46.2 Å². The highest BCUT2D eigenvalue weighted by molar-refractivity contribution is 4.80. The van der Waals surface area contributed by atoms with E-state index in [1.54, 1.807) is 0 Å². The zero-order chi connectivity index (χ0) is 15.8. The summed E-state index contributed by atoms with van der Waals surface area (Å²) in [5.74, 6) is 0. The van der Waals surface area contributed by atoms with Crippen molar-refractivity contribution in [2.24, 2.45) is 5.41 Å². The van der Waals surface area contributed by atoms with E-state index in [1.807, 2.05) is 18.2 Å². The smallest absolute Gasteiger partial charge is 0.0645 e. The van der Waals surface area contributed by atoms with Crippen molar-refractivity contribution in [1.29, 1.82) is 15.8 Å². The maximum Gasteiger partial charge on any atom is 0.0645 e. The Hall–Kier alpha value is -1.69. The third-order valence-corrected chi connectivity index (χ3v) is 2.63. The zero-order valence-electron chi connectivity index (χ0n) is 12.1. The first-order chi connectivity index (χ1) is 10.2. The minimum Gasteiger partial charge on any atom is -0.396 e. The van der Waals surface area contributed by atoms with Crippen LogP contribution in [0.3, 0.4) is 0 Å². The van der Waals surface area contributed by atoms with Crippen LogP contribution in [0, 0.1) is 39.4 Å². The molecule has 0 aliphatic heterocycles. The number of nitriles is 3. The number of aliphatic hydroxyl groups is 1. The van der Waals surface area contributed by atoms with Gasteiger partial charge in [0.2, 0.25) is 0 Å². The molecule has 0 aliphatic rings. The highest BCUT2D eigenvalue weighted by Crippen LogP contribution is 2.19. The Kier molecular flexibility index (Phi) is 12.2. The molecule has 0 aromatic rings. The normalized spacial score (nSPS) is 10.6. The topological polar surface area (TPSA) is 119 Å². The van der Waals surface area contributed by atoms with Gasteiger partial charge in [0.25, 0.3) is 0 Å². The maximum atomic E-state index is 9.61. The molecule has 7 heteroatoms. The molecule has 1 N–H and O–H groups in total. The monoisotopic (exact) mass is 295 g/mol. The summed E-state index contributed by atoms with van der Waals surface area (Å²) in [5, 5.41) is 35.0. The van der Waals surface area contributed by atoms with Crippen LogP contribution in [0.15, 0.2) is 0 Å². The van der Waals surface area contributed by atoms with Gasteiger partial charge in [-0.15, -0.1) is 0 Å². The average Bonchev–Trinajstić information content (AvgIpc) is 2.51. The highest BCUT2D eigenvalue weighted by Gasteiger charge is 2.31. The molecule has 0 saturated carbocycles. The molecule has 0 fully saturated rings. The van der Waals surface area contributed by atoms with E-state index in [2.05, 4.69) is 0 Å². The van der Waals surface area contributed by atoms with Gasteiger partial charge in [0.15, 0.2) is 0 Å². The molecule has 0 radical (unpaired) electrons. The van der Waals surface area contributed by atoms with E-state index < -0.39 is 5.41 Å². The molecule has 0 aromatic carbocycles. The van der Waals surface area contributed by atoms with Crippen LogP contribution in [0.2, 0.25) is 0 Å². The molecule has 0 bridgehead atoms. The van der Waals surface area contributed by atoms with Crippen LogP contribution in [0.25, 0.3) is 0 Å². The number of nitrogens with zero attached hydrogens (tertiary/aromatic N) is 3. The summed E-state index contributed by atoms with van der Waals surface area (Å²) < 4.78 is 16.1. The van der Waals surface area contributed by atoms with E-state index in [1.165, 1.54) is 0 Å². The summed E-state index contributed by atoms with van der Waals surface area (Å²) in [7, 11) is 0. The first kappa shape index (κ1) is 19.3. The van der Waals surface area contributed by atoms with Crippen LogP contribution >= 0.6 is 0 Å². The summed E-state index contributed by atoms with van der Waals surface area (Å²) in [6, 6.07) is 5.91. The Bertz CT molecular complexity index is 326. The fourth-order valence-corrected chi connectivity index (χ4v) is 1.48. The van der Waals surface area contributed by atoms with Crippen LogP contribution in [-0.2, 0) is 14.2 Å². The van der Waals surface area contributed by atoms with Crippen molar-refractivity contribution in [3.63, 3.8) is 0 Å². The quantitative estimate of drug-likeness (QED) is 0.498. The molecule has 7 nitrogen and oxygen atoms in total. The predicted molar refractivity (Wildman–Crippen MR) is 72.7 cm³/mol. The Morgan fingerprint density at radius 3 is 1.29 bits per heavy atom. The van der Waals surface area contributed by atoms with E-state index in [-0.39, 0.29) is 65.5 Å². The minimum atomic E-state index is -0.750. The van der Waals surface area contributed by atoms with Gasteiger partial charge in [0.05, 0.1) is 89.1 Å². The van der Waals surface area contributed by atoms with Crippen LogP contribution < -0.4 is 0 Å². The lowest BCUT2D eigenvalue weighted by Crippen LogP contribution is -2.41. The van der Waals surface area contributed by atoms with E-state index in [0.717, 1.165) is 0 Å². The van der Waals surface area contributed by atoms with Crippen molar-refractivity contribution in [3.05, 3.63) is 0 Å². The fourth-order valence-electron chi connectivity index (χ4n) is 1.48. The SMILES string of the molecule is N#CCCOCC(CO)(COCCC#N)COCCC#N. The van der Waals surface area contributed by atoms with Crippen molar-refractivity contribution >= 4 is 0 Å². The average molecular weight is 295 g/mol. The summed E-state index contributed by atoms with van der Waals surface area (Å²) in [6.45, 7) is 1.16. The van der Waals surface area contributed by atoms with E-state index >= 15 is 0 Å². The van der Waals surface area contributed by atoms with E-state index in [9.17, 15) is 5.11 Å². The summed E-state index contributed by atoms with van der Waals surface area (Å²) >= 11 is 0. The van der Waals surface area contributed by atoms with Gasteiger partial charge in [0, 0.05) is 0 Å². The van der Waals surface area contributed by atoms with Gasteiger partial charge in [-0.1, -0.05) is 0 Å². The first-order valence-corrected chi connectivity index (χ1v) is 6.69. The molecule has 21 heavy (non-hydrogen) atoms. The summed E-state index contributed by atoms with van der Waals surface area (Å²) in [6.07, 6.45) is 0.810. The molecule has 0 aliphatic carbocycles. The van der Waals surface area contributed by atoms with Crippen LogP contribution in [0.4, 0.5) is 0 Å². The first-order valence-electron chi connectivity index (χ1n) is 6.69. The molecule has 0 heterocycles. The highest BCUT2D eigenvalue weighted by atomic mass is 16.5. The number of hydrogen-bond acceptors (Lipinski definition) is 7. The van der Waals surface area contributed by atoms with Crippen molar-refractivity contribution in [1.82, 2.24) is 0 Å². The molecule has 0 spiro atoms. The third kappa shape index (κ3) is 9.79. The number of rotatable bonds is 13. The number of hydrogen-bond donors (Lipinski definition) is 1. The Morgan fingerprint density at radius 2 is 1.05 bits per heavy atom. The lowest BCUT2D eigenvalue weighted by atomic mass is 9.92. The molecule has 116 valence electrons. The van der Waals surface area contributed by atoms with Crippen molar-refractivity contribution in [3.8, 4) is 18.2 Å². The predicted octanol–water partition coefficient (Wildman–Crippen LogP) is 0.756. The second-order valence-electron chi connectivity index (χ2n) is 4.54. The molecular formula is C14H21N3O4.